The van der Waals surface area contributed by atoms with Crippen molar-refractivity contribution in [3.63, 3.8) is 0 Å². The van der Waals surface area contributed by atoms with Crippen LogP contribution in [0.25, 0.3) is 0 Å². The summed E-state index contributed by atoms with van der Waals surface area (Å²) < 4.78 is 9.74. The van der Waals surface area contributed by atoms with Crippen molar-refractivity contribution in [1.82, 2.24) is 0 Å². The summed E-state index contributed by atoms with van der Waals surface area (Å²) in [5.74, 6) is 2.21. The lowest BCUT2D eigenvalue weighted by atomic mass is 10.8. The molecule has 0 aliphatic carbocycles. The van der Waals surface area contributed by atoms with Crippen molar-refractivity contribution in [2.75, 3.05) is 49.9 Å². The molecule has 0 saturated carbocycles. The van der Waals surface area contributed by atoms with Crippen LogP contribution < -0.4 is 0 Å². The van der Waals surface area contributed by atoms with Gasteiger partial charge in [0.1, 0.15) is 0 Å². The molecule has 0 heterocycles. The highest BCUT2D eigenvalue weighted by molar-refractivity contribution is 6.18. The van der Waals surface area contributed by atoms with Gasteiger partial charge in [0, 0.05) is 23.5 Å². The summed E-state index contributed by atoms with van der Waals surface area (Å²) in [5.41, 5.74) is 0. The zero-order chi connectivity index (χ0) is 11.1. The zero-order valence-corrected chi connectivity index (χ0v) is 11.0. The van der Waals surface area contributed by atoms with Gasteiger partial charge in [0.15, 0.2) is 0 Å². The smallest absolute Gasteiger partial charge is 0.0602 e. The molecule has 88 valence electrons. The molecule has 0 aromatic rings. The van der Waals surface area contributed by atoms with Crippen molar-refractivity contribution >= 4 is 46.4 Å². The Morgan fingerprint density at radius 1 is 0.500 bits per heavy atom. The molecule has 0 aliphatic heterocycles. The predicted octanol–water partition coefficient (Wildman–Crippen LogP) is 2.96. The van der Waals surface area contributed by atoms with Crippen LogP contribution in [0, 0.1) is 0 Å². The van der Waals surface area contributed by atoms with E-state index in [2.05, 4.69) is 0 Å². The Kier molecular flexibility index (Phi) is 24.5. The van der Waals surface area contributed by atoms with Crippen LogP contribution in [0.15, 0.2) is 0 Å². The SMILES string of the molecule is ClCCOCCCl.ClCCOCCCl. The van der Waals surface area contributed by atoms with Gasteiger partial charge in [-0.3, -0.25) is 0 Å². The highest BCUT2D eigenvalue weighted by Gasteiger charge is 1.80. The maximum Gasteiger partial charge on any atom is 0.0602 e. The summed E-state index contributed by atoms with van der Waals surface area (Å²) in [6, 6.07) is 0. The Morgan fingerprint density at radius 2 is 0.714 bits per heavy atom. The first-order valence-corrected chi connectivity index (χ1v) is 6.36. The fraction of sp³-hybridized carbons (Fsp3) is 1.00. The van der Waals surface area contributed by atoms with Gasteiger partial charge in [0.05, 0.1) is 26.4 Å². The molecule has 0 rings (SSSR count). The molecule has 6 heteroatoms. The third-order valence-corrected chi connectivity index (χ3v) is 1.50. The van der Waals surface area contributed by atoms with Crippen molar-refractivity contribution in [1.29, 1.82) is 0 Å². The van der Waals surface area contributed by atoms with E-state index >= 15 is 0 Å². The molecular formula is C8H16Cl4O2. The minimum atomic E-state index is 0.552. The van der Waals surface area contributed by atoms with Crippen LogP contribution in [0.2, 0.25) is 0 Å². The lowest BCUT2D eigenvalue weighted by Gasteiger charge is -1.93. The lowest BCUT2D eigenvalue weighted by Crippen LogP contribution is -1.97. The topological polar surface area (TPSA) is 18.5 Å². The van der Waals surface area contributed by atoms with Crippen LogP contribution in [-0.4, -0.2) is 49.9 Å². The second kappa shape index (κ2) is 19.6. The molecule has 2 nitrogen and oxygen atoms in total. The average Bonchev–Trinajstić information content (AvgIpc) is 2.21. The zero-order valence-electron chi connectivity index (χ0n) is 7.99. The number of hydrogen-bond acceptors (Lipinski definition) is 2. The fourth-order valence-electron chi connectivity index (χ4n) is 0.422. The second-order valence-corrected chi connectivity index (χ2v) is 3.49. The van der Waals surface area contributed by atoms with E-state index in [-0.39, 0.29) is 0 Å². The first-order chi connectivity index (χ1) is 6.83. The Labute approximate surface area is 106 Å². The number of rotatable bonds is 8. The third-order valence-electron chi connectivity index (χ3n) is 0.886. The Hall–Kier alpha value is 1.08. The van der Waals surface area contributed by atoms with Crippen LogP contribution >= 0.6 is 46.4 Å². The van der Waals surface area contributed by atoms with Crippen molar-refractivity contribution in [3.8, 4) is 0 Å². The fourth-order valence-corrected chi connectivity index (χ4v) is 0.859. The van der Waals surface area contributed by atoms with Gasteiger partial charge in [0.25, 0.3) is 0 Å². The van der Waals surface area contributed by atoms with Crippen molar-refractivity contribution in [3.05, 3.63) is 0 Å². The number of hydrogen-bond donors (Lipinski definition) is 0. The first kappa shape index (κ1) is 17.5. The maximum atomic E-state index is 5.27. The highest BCUT2D eigenvalue weighted by Crippen LogP contribution is 1.80. The molecule has 0 aromatic heterocycles. The Balaban J connectivity index is 0. The van der Waals surface area contributed by atoms with Crippen LogP contribution in [0.5, 0.6) is 0 Å². The monoisotopic (exact) mass is 284 g/mol. The average molecular weight is 286 g/mol. The van der Waals surface area contributed by atoms with E-state index in [1.807, 2.05) is 0 Å². The van der Waals surface area contributed by atoms with Crippen LogP contribution in [0.3, 0.4) is 0 Å². The molecule has 0 bridgehead atoms. The normalized spacial score (nSPS) is 9.43. The van der Waals surface area contributed by atoms with Crippen molar-refractivity contribution < 1.29 is 9.47 Å². The molecule has 0 fully saturated rings. The summed E-state index contributed by atoms with van der Waals surface area (Å²) in [7, 11) is 0. The van der Waals surface area contributed by atoms with E-state index in [4.69, 9.17) is 55.9 Å². The Morgan fingerprint density at radius 3 is 0.857 bits per heavy atom. The Bertz CT molecular complexity index is 67.7. The molecule has 14 heavy (non-hydrogen) atoms. The first-order valence-electron chi connectivity index (χ1n) is 4.22. The lowest BCUT2D eigenvalue weighted by molar-refractivity contribution is 0.165. The standard InChI is InChI=1S/2C4H8Cl2O/c2*5-1-3-7-4-2-6/h2*1-4H2. The summed E-state index contributed by atoms with van der Waals surface area (Å²) in [4.78, 5) is 0. The molecule has 0 N–H and O–H groups in total. The van der Waals surface area contributed by atoms with Crippen LogP contribution in [0.1, 0.15) is 0 Å². The number of alkyl halides is 4. The van der Waals surface area contributed by atoms with Gasteiger partial charge in [-0.25, -0.2) is 0 Å². The number of ether oxygens (including phenoxy) is 2. The molecule has 0 spiro atoms. The number of halogens is 4. The van der Waals surface area contributed by atoms with E-state index < -0.39 is 0 Å². The molecule has 0 aliphatic rings. The molecule has 0 aromatic carbocycles. The molecule has 0 atom stereocenters. The van der Waals surface area contributed by atoms with Gasteiger partial charge in [0.2, 0.25) is 0 Å². The van der Waals surface area contributed by atoms with Gasteiger partial charge in [-0.2, -0.15) is 0 Å². The van der Waals surface area contributed by atoms with Gasteiger partial charge < -0.3 is 9.47 Å². The molecule has 0 saturated heterocycles. The highest BCUT2D eigenvalue weighted by atomic mass is 35.5. The third kappa shape index (κ3) is 23.2. The minimum absolute atomic E-state index is 0.552. The van der Waals surface area contributed by atoms with E-state index in [1.54, 1.807) is 0 Å². The van der Waals surface area contributed by atoms with Gasteiger partial charge >= 0.3 is 0 Å². The van der Waals surface area contributed by atoms with Gasteiger partial charge in [-0.15, -0.1) is 46.4 Å². The summed E-state index contributed by atoms with van der Waals surface area (Å²) >= 11 is 21.1. The molecule has 0 radical (unpaired) electrons. The summed E-state index contributed by atoms with van der Waals surface area (Å²) in [6.45, 7) is 2.42. The summed E-state index contributed by atoms with van der Waals surface area (Å²) in [5, 5.41) is 0. The quantitative estimate of drug-likeness (QED) is 0.504. The van der Waals surface area contributed by atoms with Gasteiger partial charge in [-0.05, 0) is 0 Å². The van der Waals surface area contributed by atoms with Crippen LogP contribution in [0.4, 0.5) is 0 Å². The molecule has 0 unspecified atom stereocenters. The second-order valence-electron chi connectivity index (χ2n) is 1.98. The molecular weight excluding hydrogens is 270 g/mol. The van der Waals surface area contributed by atoms with E-state index in [0.29, 0.717) is 49.9 Å². The summed E-state index contributed by atoms with van der Waals surface area (Å²) in [6.07, 6.45) is 0. The maximum absolute atomic E-state index is 5.27. The van der Waals surface area contributed by atoms with E-state index in [0.717, 1.165) is 0 Å². The van der Waals surface area contributed by atoms with E-state index in [9.17, 15) is 0 Å². The van der Waals surface area contributed by atoms with Crippen molar-refractivity contribution in [2.24, 2.45) is 0 Å². The molecule has 0 amide bonds. The minimum Gasteiger partial charge on any atom is -0.379 e. The van der Waals surface area contributed by atoms with Crippen LogP contribution in [-0.2, 0) is 9.47 Å². The van der Waals surface area contributed by atoms with Crippen molar-refractivity contribution in [2.45, 2.75) is 0 Å². The predicted molar refractivity (Wildman–Crippen MR) is 64.5 cm³/mol. The van der Waals surface area contributed by atoms with E-state index in [1.165, 1.54) is 0 Å². The largest absolute Gasteiger partial charge is 0.379 e. The van der Waals surface area contributed by atoms with Gasteiger partial charge in [-0.1, -0.05) is 0 Å².